The standard InChI is InChI=1S/C7H8/c1-2-6(3-1)7-4-5-7/h2,4-5,7H,1,3H2. The maximum Gasteiger partial charge on any atom is 0.0158 e. The van der Waals surface area contributed by atoms with Gasteiger partial charge in [-0.1, -0.05) is 23.8 Å². The van der Waals surface area contributed by atoms with Gasteiger partial charge in [0.25, 0.3) is 0 Å². The zero-order valence-electron chi connectivity index (χ0n) is 4.22. The van der Waals surface area contributed by atoms with Gasteiger partial charge in [0.15, 0.2) is 0 Å². The Bertz CT molecular complexity index is 134. The number of hydrogen-bond acceptors (Lipinski definition) is 0. The van der Waals surface area contributed by atoms with Gasteiger partial charge in [0, 0.05) is 5.92 Å². The van der Waals surface area contributed by atoms with E-state index in [4.69, 9.17) is 0 Å². The molecule has 0 heteroatoms. The summed E-state index contributed by atoms with van der Waals surface area (Å²) >= 11 is 0. The summed E-state index contributed by atoms with van der Waals surface area (Å²) in [5.41, 5.74) is 1.65. The van der Waals surface area contributed by atoms with Crippen molar-refractivity contribution in [2.75, 3.05) is 0 Å². The van der Waals surface area contributed by atoms with Crippen molar-refractivity contribution in [3.05, 3.63) is 23.8 Å². The van der Waals surface area contributed by atoms with Crippen molar-refractivity contribution in [1.29, 1.82) is 0 Å². The molecule has 0 N–H and O–H groups in total. The van der Waals surface area contributed by atoms with Crippen LogP contribution in [0.1, 0.15) is 12.8 Å². The van der Waals surface area contributed by atoms with Gasteiger partial charge in [-0.05, 0) is 12.8 Å². The maximum absolute atomic E-state index is 2.34. The highest BCUT2D eigenvalue weighted by Gasteiger charge is 2.19. The van der Waals surface area contributed by atoms with Crippen molar-refractivity contribution in [2.24, 2.45) is 5.92 Å². The van der Waals surface area contributed by atoms with Gasteiger partial charge < -0.3 is 0 Å². The van der Waals surface area contributed by atoms with Gasteiger partial charge in [-0.2, -0.15) is 0 Å². The fourth-order valence-corrected chi connectivity index (χ4v) is 0.917. The molecule has 7 heavy (non-hydrogen) atoms. The van der Waals surface area contributed by atoms with Crippen LogP contribution in [0.4, 0.5) is 0 Å². The molecule has 0 aromatic heterocycles. The van der Waals surface area contributed by atoms with Crippen molar-refractivity contribution >= 4 is 0 Å². The molecule has 0 spiro atoms. The third-order valence-electron chi connectivity index (χ3n) is 1.65. The largest absolute Gasteiger partial charge is 0.0841 e. The highest BCUT2D eigenvalue weighted by atomic mass is 14.2. The van der Waals surface area contributed by atoms with Crippen LogP contribution in [0.2, 0.25) is 0 Å². The molecule has 0 saturated heterocycles. The summed E-state index contributed by atoms with van der Waals surface area (Å²) in [7, 11) is 0. The first-order valence-electron chi connectivity index (χ1n) is 2.84. The lowest BCUT2D eigenvalue weighted by Crippen LogP contribution is -1.95. The van der Waals surface area contributed by atoms with E-state index in [1.54, 1.807) is 5.57 Å². The Morgan fingerprint density at radius 2 is 2.14 bits per heavy atom. The predicted octanol–water partition coefficient (Wildman–Crippen LogP) is 1.89. The molecule has 0 fully saturated rings. The Labute approximate surface area is 43.5 Å². The molecule has 0 amide bonds. The van der Waals surface area contributed by atoms with Crippen LogP contribution in [-0.2, 0) is 0 Å². The molecule has 0 atom stereocenters. The van der Waals surface area contributed by atoms with Crippen molar-refractivity contribution in [1.82, 2.24) is 0 Å². The van der Waals surface area contributed by atoms with Crippen LogP contribution in [0.25, 0.3) is 0 Å². The Morgan fingerprint density at radius 1 is 1.43 bits per heavy atom. The van der Waals surface area contributed by atoms with E-state index >= 15 is 0 Å². The van der Waals surface area contributed by atoms with Crippen LogP contribution in [0.5, 0.6) is 0 Å². The lowest BCUT2D eigenvalue weighted by atomic mass is 9.94. The second kappa shape index (κ2) is 1.00. The molecule has 36 valence electrons. The lowest BCUT2D eigenvalue weighted by Gasteiger charge is -2.11. The van der Waals surface area contributed by atoms with Gasteiger partial charge in [-0.25, -0.2) is 0 Å². The van der Waals surface area contributed by atoms with E-state index in [-0.39, 0.29) is 0 Å². The third kappa shape index (κ3) is 0.426. The molecular weight excluding hydrogens is 84.1 g/mol. The van der Waals surface area contributed by atoms with E-state index in [0.29, 0.717) is 0 Å². The van der Waals surface area contributed by atoms with Crippen LogP contribution in [0.15, 0.2) is 23.8 Å². The van der Waals surface area contributed by atoms with E-state index in [1.165, 1.54) is 12.8 Å². The minimum absolute atomic E-state index is 0.814. The van der Waals surface area contributed by atoms with Crippen LogP contribution in [0.3, 0.4) is 0 Å². The minimum Gasteiger partial charge on any atom is -0.0841 e. The quantitative estimate of drug-likeness (QED) is 0.433. The van der Waals surface area contributed by atoms with E-state index in [2.05, 4.69) is 18.2 Å². The van der Waals surface area contributed by atoms with Crippen LogP contribution >= 0.6 is 0 Å². The molecular formula is C7H8. The molecule has 0 saturated carbocycles. The molecule has 0 aromatic carbocycles. The Morgan fingerprint density at radius 3 is 2.29 bits per heavy atom. The van der Waals surface area contributed by atoms with Crippen LogP contribution in [-0.4, -0.2) is 0 Å². The first-order chi connectivity index (χ1) is 3.47. The summed E-state index contributed by atoms with van der Waals surface area (Å²) in [4.78, 5) is 0. The normalized spacial score (nSPS) is 26.6. The number of hydrogen-bond donors (Lipinski definition) is 0. The van der Waals surface area contributed by atoms with Gasteiger partial charge in [-0.3, -0.25) is 0 Å². The molecule has 2 aliphatic rings. The van der Waals surface area contributed by atoms with Crippen LogP contribution < -0.4 is 0 Å². The number of rotatable bonds is 1. The average molecular weight is 92.1 g/mol. The molecule has 2 aliphatic carbocycles. The zero-order valence-corrected chi connectivity index (χ0v) is 4.22. The summed E-state index contributed by atoms with van der Waals surface area (Å²) in [5.74, 6) is 0.814. The Hall–Kier alpha value is -0.520. The molecule has 0 unspecified atom stereocenters. The van der Waals surface area contributed by atoms with Gasteiger partial charge in [0.1, 0.15) is 0 Å². The highest BCUT2D eigenvalue weighted by molar-refractivity contribution is 5.34. The number of allylic oxidation sites excluding steroid dienone is 4. The van der Waals surface area contributed by atoms with Crippen molar-refractivity contribution in [2.45, 2.75) is 12.8 Å². The Balaban J connectivity index is 2.07. The first kappa shape index (κ1) is 3.48. The zero-order chi connectivity index (χ0) is 4.69. The molecule has 2 rings (SSSR count). The topological polar surface area (TPSA) is 0 Å². The van der Waals surface area contributed by atoms with Gasteiger partial charge >= 0.3 is 0 Å². The van der Waals surface area contributed by atoms with Crippen molar-refractivity contribution in [3.8, 4) is 0 Å². The molecule has 0 radical (unpaired) electrons. The molecule has 0 bridgehead atoms. The predicted molar refractivity (Wildman–Crippen MR) is 29.9 cm³/mol. The lowest BCUT2D eigenvalue weighted by molar-refractivity contribution is 0.806. The SMILES string of the molecule is C1=CC1C1=CCC1. The highest BCUT2D eigenvalue weighted by Crippen LogP contribution is 2.34. The maximum atomic E-state index is 2.34. The van der Waals surface area contributed by atoms with E-state index in [9.17, 15) is 0 Å². The fourth-order valence-electron chi connectivity index (χ4n) is 0.917. The Kier molecular flexibility index (Phi) is 0.498. The molecule has 0 aromatic rings. The molecule has 0 nitrogen and oxygen atoms in total. The summed E-state index contributed by atoms with van der Waals surface area (Å²) in [6.07, 6.45) is 9.53. The average Bonchev–Trinajstić information content (AvgIpc) is 2.10. The monoisotopic (exact) mass is 92.1 g/mol. The summed E-state index contributed by atoms with van der Waals surface area (Å²) in [6, 6.07) is 0. The minimum atomic E-state index is 0.814. The van der Waals surface area contributed by atoms with Crippen molar-refractivity contribution in [3.63, 3.8) is 0 Å². The first-order valence-corrected chi connectivity index (χ1v) is 2.84. The van der Waals surface area contributed by atoms with E-state index in [1.807, 2.05) is 0 Å². The second-order valence-electron chi connectivity index (χ2n) is 2.23. The smallest absolute Gasteiger partial charge is 0.0158 e. The fraction of sp³-hybridized carbons (Fsp3) is 0.429. The summed E-state index contributed by atoms with van der Waals surface area (Å²) < 4.78 is 0. The van der Waals surface area contributed by atoms with Crippen LogP contribution in [0, 0.1) is 5.92 Å². The van der Waals surface area contributed by atoms with E-state index in [0.717, 1.165) is 5.92 Å². The third-order valence-corrected chi connectivity index (χ3v) is 1.65. The molecule has 0 heterocycles. The second-order valence-corrected chi connectivity index (χ2v) is 2.23. The van der Waals surface area contributed by atoms with Gasteiger partial charge in [-0.15, -0.1) is 0 Å². The summed E-state index contributed by atoms with van der Waals surface area (Å²) in [5, 5.41) is 0. The van der Waals surface area contributed by atoms with Gasteiger partial charge in [0.2, 0.25) is 0 Å². The van der Waals surface area contributed by atoms with E-state index < -0.39 is 0 Å². The molecule has 0 aliphatic heterocycles. The van der Waals surface area contributed by atoms with Crippen molar-refractivity contribution < 1.29 is 0 Å². The van der Waals surface area contributed by atoms with Gasteiger partial charge in [0.05, 0.1) is 0 Å². The summed E-state index contributed by atoms with van der Waals surface area (Å²) in [6.45, 7) is 0.